The lowest BCUT2D eigenvalue weighted by molar-refractivity contribution is -0.986. The molecule has 178 valence electrons. The number of carbonyl (C=O) groups is 1. The first-order valence-corrected chi connectivity index (χ1v) is 12.7. The van der Waals surface area contributed by atoms with E-state index < -0.39 is 11.5 Å². The summed E-state index contributed by atoms with van der Waals surface area (Å²) in [5.74, 6) is 0.637. The number of aromatic carboxylic acids is 1. The van der Waals surface area contributed by atoms with Gasteiger partial charge in [0.2, 0.25) is 5.69 Å². The molecule has 0 spiro atoms. The fourth-order valence-corrected chi connectivity index (χ4v) is 8.08. The number of carboxylic acids is 1. The highest BCUT2D eigenvalue weighted by molar-refractivity contribution is 5.88. The lowest BCUT2D eigenvalue weighted by atomic mass is 9.68. The van der Waals surface area contributed by atoms with Crippen LogP contribution in [-0.4, -0.2) is 38.8 Å². The van der Waals surface area contributed by atoms with Crippen molar-refractivity contribution in [1.29, 1.82) is 0 Å². The van der Waals surface area contributed by atoms with Gasteiger partial charge in [-0.2, -0.15) is 0 Å². The minimum atomic E-state index is -1.23. The Labute approximate surface area is 196 Å². The van der Waals surface area contributed by atoms with E-state index in [0.717, 1.165) is 36.2 Å². The number of hydrogen-bond donors (Lipinski definition) is 2. The Hall–Kier alpha value is -2.21. The van der Waals surface area contributed by atoms with Crippen LogP contribution in [-0.2, 0) is 0 Å². The molecule has 6 heteroatoms. The molecule has 2 saturated carbocycles. The van der Waals surface area contributed by atoms with E-state index in [0.29, 0.717) is 17.6 Å². The van der Waals surface area contributed by atoms with E-state index in [4.69, 9.17) is 0 Å². The topological polar surface area (TPSA) is 76.6 Å². The first-order valence-electron chi connectivity index (χ1n) is 12.7. The highest BCUT2D eigenvalue weighted by Gasteiger charge is 2.48. The van der Waals surface area contributed by atoms with Crippen LogP contribution in [0.2, 0.25) is 0 Å². The van der Waals surface area contributed by atoms with Gasteiger partial charge in [0.1, 0.15) is 0 Å². The molecule has 2 aliphatic heterocycles. The quantitative estimate of drug-likeness (QED) is 0.742. The molecule has 0 radical (unpaired) electrons. The van der Waals surface area contributed by atoms with Crippen molar-refractivity contribution in [3.8, 4) is 0 Å². The fraction of sp³-hybridized carbons (Fsp3) is 0.667. The third-order valence-electron chi connectivity index (χ3n) is 9.12. The number of fused-ring (bicyclic) bond motifs is 5. The number of benzene rings is 1. The normalized spacial score (nSPS) is 35.6. The average molecular weight is 453 g/mol. The molecule has 6 rings (SSSR count). The molecule has 2 aromatic rings. The van der Waals surface area contributed by atoms with Crippen LogP contribution in [0.5, 0.6) is 0 Å². The van der Waals surface area contributed by atoms with Gasteiger partial charge in [0.15, 0.2) is 0 Å². The van der Waals surface area contributed by atoms with Gasteiger partial charge in [-0.05, 0) is 49.7 Å². The monoisotopic (exact) mass is 452 g/mol. The van der Waals surface area contributed by atoms with Crippen molar-refractivity contribution >= 4 is 17.0 Å². The standard InChI is InChI=1S/C26H33N3O3.CH4/c30-25-24(26(31)32)27-22-9-1-2-10-23(22)29(25)21-14-18-7-4-8-19(15-21)28(18)20-12-16-5-3-6-17(11-16)13-20;/h1-2,9-10,16-21H,3-8,11-15H2,(H,31,32);1H4/p+1/t16?,17?,18-,19+,20?,21?;. The predicted octanol–water partition coefficient (Wildman–Crippen LogP) is 3.84. The molecule has 33 heavy (non-hydrogen) atoms. The highest BCUT2D eigenvalue weighted by Crippen LogP contribution is 2.40. The number of quaternary nitrogens is 1. The largest absolute Gasteiger partial charge is 0.476 e. The Morgan fingerprint density at radius 2 is 1.55 bits per heavy atom. The Bertz CT molecular complexity index is 1070. The summed E-state index contributed by atoms with van der Waals surface area (Å²) in [6, 6.07) is 9.55. The zero-order chi connectivity index (χ0) is 21.8. The lowest BCUT2D eigenvalue weighted by Crippen LogP contribution is -3.24. The SMILES string of the molecule is C.O=C(O)c1nc2ccccc2n(C2C[C@H]3CCC[C@@H](C2)[NH+]3C2CC3CCCC(C3)C2)c1=O. The van der Waals surface area contributed by atoms with E-state index in [1.54, 1.807) is 4.57 Å². The molecule has 4 unspecified atom stereocenters. The van der Waals surface area contributed by atoms with Gasteiger partial charge in [0, 0.05) is 31.7 Å². The van der Waals surface area contributed by atoms with Crippen LogP contribution >= 0.6 is 0 Å². The summed E-state index contributed by atoms with van der Waals surface area (Å²) >= 11 is 0. The summed E-state index contributed by atoms with van der Waals surface area (Å²) in [5.41, 5.74) is 0.601. The molecule has 4 aliphatic rings. The molecular weight excluding hydrogens is 414 g/mol. The van der Waals surface area contributed by atoms with Crippen LogP contribution in [0.25, 0.3) is 11.0 Å². The zero-order valence-corrected chi connectivity index (χ0v) is 18.7. The molecule has 0 amide bonds. The van der Waals surface area contributed by atoms with E-state index in [1.165, 1.54) is 57.8 Å². The maximum Gasteiger partial charge on any atom is 0.360 e. The van der Waals surface area contributed by atoms with Crippen molar-refractivity contribution in [2.45, 2.75) is 102 Å². The summed E-state index contributed by atoms with van der Waals surface area (Å²) < 4.78 is 1.80. The van der Waals surface area contributed by atoms with Gasteiger partial charge >= 0.3 is 5.97 Å². The van der Waals surface area contributed by atoms with Crippen molar-refractivity contribution in [3.63, 3.8) is 0 Å². The molecule has 6 nitrogen and oxygen atoms in total. The van der Waals surface area contributed by atoms with Gasteiger partial charge in [-0.25, -0.2) is 9.78 Å². The highest BCUT2D eigenvalue weighted by atomic mass is 16.4. The van der Waals surface area contributed by atoms with Crippen LogP contribution < -0.4 is 10.5 Å². The van der Waals surface area contributed by atoms with E-state index in [2.05, 4.69) is 4.98 Å². The Morgan fingerprint density at radius 1 is 0.909 bits per heavy atom. The number of piperidine rings is 2. The van der Waals surface area contributed by atoms with Crippen molar-refractivity contribution in [2.24, 2.45) is 11.8 Å². The number of nitrogens with zero attached hydrogens (tertiary/aromatic N) is 2. The maximum atomic E-state index is 13.3. The summed E-state index contributed by atoms with van der Waals surface area (Å²) in [7, 11) is 0. The Morgan fingerprint density at radius 3 is 2.21 bits per heavy atom. The molecule has 3 heterocycles. The van der Waals surface area contributed by atoms with Gasteiger partial charge in [0.25, 0.3) is 5.56 Å². The molecule has 2 N–H and O–H groups in total. The van der Waals surface area contributed by atoms with Crippen molar-refractivity contribution < 1.29 is 14.8 Å². The van der Waals surface area contributed by atoms with Crippen molar-refractivity contribution in [3.05, 3.63) is 40.3 Å². The summed E-state index contributed by atoms with van der Waals surface area (Å²) in [6.45, 7) is 0. The predicted molar refractivity (Wildman–Crippen MR) is 129 cm³/mol. The van der Waals surface area contributed by atoms with Crippen LogP contribution in [0, 0.1) is 11.8 Å². The number of carboxylic acid groups (broad SMARTS) is 1. The molecule has 1 aromatic heterocycles. The third-order valence-corrected chi connectivity index (χ3v) is 9.12. The molecule has 1 aromatic carbocycles. The van der Waals surface area contributed by atoms with Crippen LogP contribution in [0.15, 0.2) is 29.1 Å². The Balaban J connectivity index is 0.00000228. The summed E-state index contributed by atoms with van der Waals surface area (Å²) in [4.78, 5) is 31.1. The molecule has 2 aliphatic carbocycles. The fourth-order valence-electron chi connectivity index (χ4n) is 8.08. The maximum absolute atomic E-state index is 13.3. The van der Waals surface area contributed by atoms with Gasteiger partial charge in [0.05, 0.1) is 29.2 Å². The van der Waals surface area contributed by atoms with Gasteiger partial charge in [-0.1, -0.05) is 38.8 Å². The summed E-state index contributed by atoms with van der Waals surface area (Å²) in [6.07, 6.45) is 14.2. The second kappa shape index (κ2) is 8.86. The van der Waals surface area contributed by atoms with Crippen LogP contribution in [0.4, 0.5) is 0 Å². The number of rotatable bonds is 3. The Kier molecular flexibility index (Phi) is 6.06. The van der Waals surface area contributed by atoms with Gasteiger partial charge in [-0.3, -0.25) is 4.79 Å². The number of para-hydroxylation sites is 2. The average Bonchev–Trinajstić information content (AvgIpc) is 2.77. The van der Waals surface area contributed by atoms with E-state index >= 15 is 0 Å². The number of hydrogen-bond acceptors (Lipinski definition) is 3. The molecular formula is C27H38N3O3+. The van der Waals surface area contributed by atoms with E-state index in [9.17, 15) is 14.7 Å². The van der Waals surface area contributed by atoms with E-state index in [-0.39, 0.29) is 19.2 Å². The smallest absolute Gasteiger partial charge is 0.360 e. The third kappa shape index (κ3) is 3.90. The second-order valence-corrected chi connectivity index (χ2v) is 10.9. The number of aromatic nitrogens is 2. The molecule has 4 fully saturated rings. The van der Waals surface area contributed by atoms with Gasteiger partial charge < -0.3 is 14.6 Å². The van der Waals surface area contributed by atoms with E-state index in [1.807, 2.05) is 29.2 Å². The minimum absolute atomic E-state index is 0. The zero-order valence-electron chi connectivity index (χ0n) is 18.7. The summed E-state index contributed by atoms with van der Waals surface area (Å²) in [5, 5.41) is 9.62. The number of nitrogens with one attached hydrogen (secondary N) is 1. The first-order chi connectivity index (χ1) is 15.6. The molecule has 4 bridgehead atoms. The van der Waals surface area contributed by atoms with Crippen molar-refractivity contribution in [1.82, 2.24) is 9.55 Å². The lowest BCUT2D eigenvalue weighted by Gasteiger charge is -2.52. The second-order valence-electron chi connectivity index (χ2n) is 10.9. The first kappa shape index (κ1) is 22.6. The van der Waals surface area contributed by atoms with Crippen molar-refractivity contribution in [2.75, 3.05) is 0 Å². The van der Waals surface area contributed by atoms with Gasteiger partial charge in [-0.15, -0.1) is 0 Å². The minimum Gasteiger partial charge on any atom is -0.476 e. The molecule has 2 saturated heterocycles. The molecule has 6 atom stereocenters. The van der Waals surface area contributed by atoms with Crippen LogP contribution in [0.1, 0.15) is 94.6 Å². The van der Waals surface area contributed by atoms with Crippen LogP contribution in [0.3, 0.4) is 0 Å².